The maximum Gasteiger partial charge on any atom is 0.268 e. The quantitative estimate of drug-likeness (QED) is 0.136. The van der Waals surface area contributed by atoms with Gasteiger partial charge in [-0.1, -0.05) is 97.1 Å². The molecule has 0 aliphatic carbocycles. The minimum atomic E-state index is -0.383. The molecular weight excluding hydrogens is 641 g/mol. The van der Waals surface area contributed by atoms with E-state index in [4.69, 9.17) is 6.57 Å². The third kappa shape index (κ3) is 4.79. The number of hydrogen-bond donors (Lipinski definition) is 0. The molecule has 0 radical (unpaired) electrons. The third-order valence-electron chi connectivity index (χ3n) is 9.76. The number of aromatic nitrogens is 1. The Labute approximate surface area is 299 Å². The summed E-state index contributed by atoms with van der Waals surface area (Å²) in [4.78, 5) is 33.7. The number of carbonyl (C=O) groups is 2. The monoisotopic (exact) mass is 666 g/mol. The van der Waals surface area contributed by atoms with Crippen LogP contribution < -0.4 is 4.90 Å². The van der Waals surface area contributed by atoms with E-state index in [0.717, 1.165) is 55.2 Å². The second-order valence-electron chi connectivity index (χ2n) is 12.7. The molecule has 1 aliphatic rings. The lowest BCUT2D eigenvalue weighted by molar-refractivity contribution is 0.0926. The largest absolute Gasteiger partial charge is 0.308 e. The minimum absolute atomic E-state index is 0.341. The van der Waals surface area contributed by atoms with Crippen LogP contribution >= 0.6 is 0 Å². The number of nitriles is 1. The highest BCUT2D eigenvalue weighted by atomic mass is 16.2. The lowest BCUT2D eigenvalue weighted by Gasteiger charge is -2.18. The number of nitrogens with zero attached hydrogens (tertiary/aromatic N) is 4. The van der Waals surface area contributed by atoms with Crippen LogP contribution in [0.1, 0.15) is 26.3 Å². The molecule has 0 fully saturated rings. The molecular formula is C46H26N4O2. The van der Waals surface area contributed by atoms with Gasteiger partial charge in [0.05, 0.1) is 51.7 Å². The number of fused-ring (bicyclic) bond motifs is 4. The summed E-state index contributed by atoms with van der Waals surface area (Å²) in [6.07, 6.45) is 0. The summed E-state index contributed by atoms with van der Waals surface area (Å²) in [5.41, 5.74) is 10.1. The average molecular weight is 667 g/mol. The zero-order valence-corrected chi connectivity index (χ0v) is 27.6. The Balaban J connectivity index is 1.27. The lowest BCUT2D eigenvalue weighted by Crippen LogP contribution is -2.30. The number of carbonyl (C=O) groups excluding carboxylic acids is 2. The zero-order valence-electron chi connectivity index (χ0n) is 27.6. The number of para-hydroxylation sites is 1. The molecule has 6 heteroatoms. The summed E-state index contributed by atoms with van der Waals surface area (Å²) in [6.45, 7) is 7.54. The molecule has 7 aromatic carbocycles. The molecule has 2 amide bonds. The molecule has 0 bridgehead atoms. The second-order valence-corrected chi connectivity index (χ2v) is 12.7. The molecule has 0 saturated heterocycles. The van der Waals surface area contributed by atoms with E-state index >= 15 is 0 Å². The topological polar surface area (TPSA) is 70.5 Å². The first-order valence-corrected chi connectivity index (χ1v) is 16.8. The van der Waals surface area contributed by atoms with Crippen LogP contribution in [0.15, 0.2) is 158 Å². The van der Waals surface area contributed by atoms with Crippen molar-refractivity contribution in [1.82, 2.24) is 4.57 Å². The molecule has 1 aliphatic heterocycles. The fourth-order valence-corrected chi connectivity index (χ4v) is 7.37. The van der Waals surface area contributed by atoms with Crippen LogP contribution in [0.4, 0.5) is 11.4 Å². The fourth-order valence-electron chi connectivity index (χ4n) is 7.37. The van der Waals surface area contributed by atoms with Crippen molar-refractivity contribution in [3.8, 4) is 45.1 Å². The highest BCUT2D eigenvalue weighted by molar-refractivity contribution is 6.36. The molecule has 0 unspecified atom stereocenters. The predicted octanol–water partition coefficient (Wildman–Crippen LogP) is 11.0. The normalized spacial score (nSPS) is 12.2. The fraction of sp³-hybridized carbons (Fsp3) is 0. The van der Waals surface area contributed by atoms with Gasteiger partial charge in [-0.2, -0.15) is 5.26 Å². The summed E-state index contributed by atoms with van der Waals surface area (Å²) < 4.78 is 2.07. The highest BCUT2D eigenvalue weighted by Crippen LogP contribution is 2.42. The zero-order chi connectivity index (χ0) is 35.3. The summed E-state index contributed by atoms with van der Waals surface area (Å²) in [6, 6.07) is 52.3. The number of rotatable bonds is 5. The van der Waals surface area contributed by atoms with Gasteiger partial charge in [0.25, 0.3) is 11.8 Å². The first-order chi connectivity index (χ1) is 25.5. The maximum absolute atomic E-state index is 14.6. The van der Waals surface area contributed by atoms with Gasteiger partial charge in [0, 0.05) is 16.3 Å². The van der Waals surface area contributed by atoms with Gasteiger partial charge in [-0.25, -0.2) is 9.74 Å². The number of hydrogen-bond acceptors (Lipinski definition) is 3. The molecule has 0 spiro atoms. The van der Waals surface area contributed by atoms with Crippen molar-refractivity contribution in [1.29, 1.82) is 5.26 Å². The Kier molecular flexibility index (Phi) is 7.10. The van der Waals surface area contributed by atoms with Crippen LogP contribution in [0.25, 0.3) is 65.7 Å². The first-order valence-electron chi connectivity index (χ1n) is 16.8. The number of imide groups is 1. The van der Waals surface area contributed by atoms with E-state index in [0.29, 0.717) is 33.8 Å². The van der Waals surface area contributed by atoms with Crippen LogP contribution in [-0.4, -0.2) is 16.4 Å². The van der Waals surface area contributed by atoms with Crippen molar-refractivity contribution in [2.45, 2.75) is 0 Å². The number of benzene rings is 7. The molecule has 0 N–H and O–H groups in total. The van der Waals surface area contributed by atoms with Crippen LogP contribution in [0.3, 0.4) is 0 Å². The van der Waals surface area contributed by atoms with Gasteiger partial charge in [0.1, 0.15) is 0 Å². The van der Waals surface area contributed by atoms with Crippen molar-refractivity contribution in [3.05, 3.63) is 186 Å². The van der Waals surface area contributed by atoms with Gasteiger partial charge in [0.15, 0.2) is 5.69 Å². The molecule has 0 atom stereocenters. The minimum Gasteiger partial charge on any atom is -0.308 e. The molecule has 6 nitrogen and oxygen atoms in total. The van der Waals surface area contributed by atoms with E-state index in [1.807, 2.05) is 127 Å². The van der Waals surface area contributed by atoms with Gasteiger partial charge in [-0.05, 0) is 88.5 Å². The number of anilines is 1. The van der Waals surface area contributed by atoms with Crippen molar-refractivity contribution >= 4 is 45.0 Å². The Morgan fingerprint density at radius 3 is 1.81 bits per heavy atom. The van der Waals surface area contributed by atoms with Crippen LogP contribution in [0.2, 0.25) is 0 Å². The summed E-state index contributed by atoms with van der Waals surface area (Å²) in [7, 11) is 0. The van der Waals surface area contributed by atoms with Crippen molar-refractivity contribution < 1.29 is 9.59 Å². The Morgan fingerprint density at radius 1 is 0.519 bits per heavy atom. The van der Waals surface area contributed by atoms with Gasteiger partial charge in [0.2, 0.25) is 0 Å². The molecule has 8 aromatic rings. The molecule has 52 heavy (non-hydrogen) atoms. The lowest BCUT2D eigenvalue weighted by atomic mass is 9.99. The van der Waals surface area contributed by atoms with Gasteiger partial charge < -0.3 is 4.57 Å². The first kappa shape index (κ1) is 30.5. The molecule has 242 valence electrons. The van der Waals surface area contributed by atoms with Crippen LogP contribution in [0.5, 0.6) is 0 Å². The molecule has 1 aromatic heterocycles. The van der Waals surface area contributed by atoms with Crippen molar-refractivity contribution in [2.75, 3.05) is 4.90 Å². The molecule has 0 saturated carbocycles. The molecule has 2 heterocycles. The summed E-state index contributed by atoms with van der Waals surface area (Å²) in [5.74, 6) is -0.751. The standard InChI is InChI=1S/C46H26N4O2/c1-48-35-15-8-14-32(25-35)34-21-23-42-39(27-34)38-26-33(31-13-7-10-29(24-31)28-47)20-22-41(38)49(42)43-19-9-17-37-44(43)46(52)50(45(37)51)40-18-6-5-16-36(40)30-11-3-2-4-12-30/h2-27H. The van der Waals surface area contributed by atoms with Crippen LogP contribution in [-0.2, 0) is 0 Å². The van der Waals surface area contributed by atoms with E-state index in [1.165, 1.54) is 4.90 Å². The SMILES string of the molecule is [C-]#[N+]c1cccc(-c2ccc3c(c2)c2cc(-c4cccc(C#N)c4)ccc2n3-c2cccc3c2C(=O)N(c2ccccc2-c2ccccc2)C3=O)c1. The Morgan fingerprint density at radius 2 is 1.10 bits per heavy atom. The van der Waals surface area contributed by atoms with E-state index in [1.54, 1.807) is 18.2 Å². The smallest absolute Gasteiger partial charge is 0.268 e. The number of amides is 2. The van der Waals surface area contributed by atoms with Gasteiger partial charge in [-0.3, -0.25) is 9.59 Å². The Bertz CT molecular complexity index is 2760. The average Bonchev–Trinajstić information content (AvgIpc) is 3.67. The van der Waals surface area contributed by atoms with E-state index < -0.39 is 0 Å². The predicted molar refractivity (Wildman–Crippen MR) is 206 cm³/mol. The maximum atomic E-state index is 14.6. The molecule has 9 rings (SSSR count). The highest BCUT2D eigenvalue weighted by Gasteiger charge is 2.40. The summed E-state index contributed by atoms with van der Waals surface area (Å²) >= 11 is 0. The van der Waals surface area contributed by atoms with Crippen molar-refractivity contribution in [3.63, 3.8) is 0 Å². The van der Waals surface area contributed by atoms with E-state index in [2.05, 4.69) is 27.6 Å². The second kappa shape index (κ2) is 12.1. The third-order valence-corrected chi connectivity index (χ3v) is 9.76. The van der Waals surface area contributed by atoms with Crippen LogP contribution in [0, 0.1) is 17.9 Å². The van der Waals surface area contributed by atoms with E-state index in [-0.39, 0.29) is 11.8 Å². The van der Waals surface area contributed by atoms with E-state index in [9.17, 15) is 14.9 Å². The van der Waals surface area contributed by atoms with Gasteiger partial charge >= 0.3 is 0 Å². The Hall–Kier alpha value is -7.54. The van der Waals surface area contributed by atoms with Crippen molar-refractivity contribution in [2.24, 2.45) is 0 Å². The van der Waals surface area contributed by atoms with Gasteiger partial charge in [-0.15, -0.1) is 0 Å². The summed E-state index contributed by atoms with van der Waals surface area (Å²) in [5, 5.41) is 11.5.